The Morgan fingerprint density at radius 1 is 0.349 bits per heavy atom. The number of benzene rings is 8. The van der Waals surface area contributed by atoms with Crippen LogP contribution in [-0.4, -0.2) is 0 Å². The molecule has 198 valence electrons. The average Bonchev–Trinajstić information content (AvgIpc) is 3.41. The van der Waals surface area contributed by atoms with E-state index in [4.69, 9.17) is 0 Å². The second-order valence-corrected chi connectivity index (χ2v) is 12.6. The van der Waals surface area contributed by atoms with Crippen LogP contribution in [0.4, 0.5) is 0 Å². The molecular formula is C42H24S. The number of hydrogen-bond donors (Lipinski definition) is 0. The summed E-state index contributed by atoms with van der Waals surface area (Å²) in [5, 5.41) is 10.6. The van der Waals surface area contributed by atoms with Crippen LogP contribution in [0.3, 0.4) is 0 Å². The lowest BCUT2D eigenvalue weighted by molar-refractivity contribution is 1.65. The Bertz CT molecular complexity index is 2530. The third kappa shape index (κ3) is 3.10. The standard InChI is InChI=1S/C42H24S/c1-2-12-25(13-3-1)37-31-17-6-8-19-33(31)39(34-20-9-7-18-32(34)37)35-24-26-14-10-21-29-27-15-4-5-16-28(27)30-22-11-23-36-40(30)41(38(26)29)42(35)43-36/h1-24H. The maximum Gasteiger partial charge on any atom is 0.0441 e. The van der Waals surface area contributed by atoms with Crippen molar-refractivity contribution in [3.8, 4) is 44.5 Å². The van der Waals surface area contributed by atoms with Gasteiger partial charge in [0.2, 0.25) is 0 Å². The summed E-state index contributed by atoms with van der Waals surface area (Å²) in [5.74, 6) is 0. The summed E-state index contributed by atoms with van der Waals surface area (Å²) < 4.78 is 2.72. The van der Waals surface area contributed by atoms with Crippen molar-refractivity contribution in [1.82, 2.24) is 0 Å². The minimum absolute atomic E-state index is 1.25. The van der Waals surface area contributed by atoms with Gasteiger partial charge in [-0.25, -0.2) is 0 Å². The molecule has 9 aromatic rings. The fourth-order valence-electron chi connectivity index (χ4n) is 7.69. The van der Waals surface area contributed by atoms with Crippen LogP contribution < -0.4 is 0 Å². The highest BCUT2D eigenvalue weighted by molar-refractivity contribution is 7.26. The van der Waals surface area contributed by atoms with E-state index in [0.717, 1.165) is 0 Å². The van der Waals surface area contributed by atoms with E-state index in [1.165, 1.54) is 97.0 Å². The van der Waals surface area contributed by atoms with Gasteiger partial charge >= 0.3 is 0 Å². The molecule has 1 aromatic heterocycles. The molecule has 1 aliphatic carbocycles. The summed E-state index contributed by atoms with van der Waals surface area (Å²) >= 11 is 1.95. The van der Waals surface area contributed by atoms with Crippen LogP contribution in [0, 0.1) is 0 Å². The van der Waals surface area contributed by atoms with Crippen LogP contribution in [0.1, 0.15) is 0 Å². The summed E-state index contributed by atoms with van der Waals surface area (Å²) in [7, 11) is 0. The lowest BCUT2D eigenvalue weighted by atomic mass is 9.84. The Balaban J connectivity index is 1.45. The minimum Gasteiger partial charge on any atom is -0.134 e. The molecule has 0 amide bonds. The first kappa shape index (κ1) is 23.3. The first-order chi connectivity index (χ1) is 21.4. The molecule has 0 N–H and O–H groups in total. The maximum absolute atomic E-state index is 2.47. The van der Waals surface area contributed by atoms with E-state index in [1.54, 1.807) is 0 Å². The van der Waals surface area contributed by atoms with Gasteiger partial charge in [-0.2, -0.15) is 0 Å². The third-order valence-corrected chi connectivity index (χ3v) is 10.6. The zero-order valence-corrected chi connectivity index (χ0v) is 24.1. The second-order valence-electron chi connectivity index (χ2n) is 11.6. The van der Waals surface area contributed by atoms with Gasteiger partial charge in [-0.1, -0.05) is 133 Å². The van der Waals surface area contributed by atoms with Crippen LogP contribution in [0.15, 0.2) is 146 Å². The number of thiophene rings is 1. The van der Waals surface area contributed by atoms with E-state index in [0.29, 0.717) is 0 Å². The quantitative estimate of drug-likeness (QED) is 0.184. The smallest absolute Gasteiger partial charge is 0.0441 e. The van der Waals surface area contributed by atoms with Gasteiger partial charge in [-0.05, 0) is 83.4 Å². The molecule has 0 nitrogen and oxygen atoms in total. The lowest BCUT2D eigenvalue weighted by Crippen LogP contribution is -1.91. The van der Waals surface area contributed by atoms with Crippen LogP contribution >= 0.6 is 11.3 Å². The molecule has 0 saturated heterocycles. The number of hydrogen-bond acceptors (Lipinski definition) is 1. The summed E-state index contributed by atoms with van der Waals surface area (Å²) in [6.45, 7) is 0. The van der Waals surface area contributed by atoms with Crippen molar-refractivity contribution >= 4 is 63.8 Å². The van der Waals surface area contributed by atoms with E-state index < -0.39 is 0 Å². The molecule has 0 fully saturated rings. The van der Waals surface area contributed by atoms with Crippen LogP contribution in [0.2, 0.25) is 0 Å². The fourth-order valence-corrected chi connectivity index (χ4v) is 8.95. The Morgan fingerprint density at radius 2 is 0.884 bits per heavy atom. The predicted molar refractivity (Wildman–Crippen MR) is 187 cm³/mol. The highest BCUT2D eigenvalue weighted by atomic mass is 32.1. The van der Waals surface area contributed by atoms with Crippen molar-refractivity contribution in [3.05, 3.63) is 146 Å². The second kappa shape index (κ2) is 8.64. The van der Waals surface area contributed by atoms with Crippen molar-refractivity contribution in [2.24, 2.45) is 0 Å². The summed E-state index contributed by atoms with van der Waals surface area (Å²) in [6, 6.07) is 54.0. The predicted octanol–water partition coefficient (Wildman–Crippen LogP) is 12.5. The van der Waals surface area contributed by atoms with Gasteiger partial charge in [0.15, 0.2) is 0 Å². The molecule has 0 aliphatic heterocycles. The Morgan fingerprint density at radius 3 is 1.56 bits per heavy atom. The van der Waals surface area contributed by atoms with Crippen molar-refractivity contribution < 1.29 is 0 Å². The van der Waals surface area contributed by atoms with Gasteiger partial charge < -0.3 is 0 Å². The van der Waals surface area contributed by atoms with Gasteiger partial charge in [-0.15, -0.1) is 11.3 Å². The molecule has 0 unspecified atom stereocenters. The number of fused-ring (bicyclic) bond motifs is 5. The van der Waals surface area contributed by atoms with E-state index in [9.17, 15) is 0 Å². The normalized spacial score (nSPS) is 12.2. The lowest BCUT2D eigenvalue weighted by Gasteiger charge is -2.19. The van der Waals surface area contributed by atoms with Crippen LogP contribution in [0.25, 0.3) is 97.0 Å². The Kier molecular flexibility index (Phi) is 4.69. The SMILES string of the molecule is c1ccc(-c2c3ccccc3c(-c3cc4cccc5c4c4c3sc3cccc(c34)-c3ccccc3-5)c3ccccc23)cc1. The molecule has 43 heavy (non-hydrogen) atoms. The molecule has 8 aromatic carbocycles. The topological polar surface area (TPSA) is 0 Å². The number of rotatable bonds is 2. The zero-order valence-electron chi connectivity index (χ0n) is 23.3. The van der Waals surface area contributed by atoms with E-state index in [-0.39, 0.29) is 0 Å². The van der Waals surface area contributed by atoms with E-state index >= 15 is 0 Å². The molecule has 0 bridgehead atoms. The molecule has 0 radical (unpaired) electrons. The highest BCUT2D eigenvalue weighted by Crippen LogP contribution is 2.54. The Labute approximate surface area is 253 Å². The van der Waals surface area contributed by atoms with Gasteiger partial charge in [0.05, 0.1) is 0 Å². The molecule has 1 aliphatic rings. The monoisotopic (exact) mass is 560 g/mol. The fraction of sp³-hybridized carbons (Fsp3) is 0. The maximum atomic E-state index is 2.47. The molecule has 10 rings (SSSR count). The minimum atomic E-state index is 1.25. The van der Waals surface area contributed by atoms with Crippen LogP contribution in [0.5, 0.6) is 0 Å². The first-order valence-corrected chi connectivity index (χ1v) is 15.7. The molecule has 0 atom stereocenters. The van der Waals surface area contributed by atoms with Gasteiger partial charge in [-0.3, -0.25) is 0 Å². The summed E-state index contributed by atoms with van der Waals surface area (Å²) in [4.78, 5) is 0. The molecule has 1 heteroatoms. The van der Waals surface area contributed by atoms with Crippen molar-refractivity contribution in [2.45, 2.75) is 0 Å². The zero-order chi connectivity index (χ0) is 28.1. The molecule has 1 heterocycles. The van der Waals surface area contributed by atoms with E-state index in [2.05, 4.69) is 146 Å². The van der Waals surface area contributed by atoms with Crippen molar-refractivity contribution in [2.75, 3.05) is 0 Å². The van der Waals surface area contributed by atoms with Crippen molar-refractivity contribution in [3.63, 3.8) is 0 Å². The highest BCUT2D eigenvalue weighted by Gasteiger charge is 2.25. The molecule has 0 spiro atoms. The molecular weight excluding hydrogens is 537 g/mol. The van der Waals surface area contributed by atoms with Crippen molar-refractivity contribution in [1.29, 1.82) is 0 Å². The third-order valence-electron chi connectivity index (χ3n) is 9.38. The Hall–Kier alpha value is -5.24. The van der Waals surface area contributed by atoms with Crippen LogP contribution in [-0.2, 0) is 0 Å². The molecule has 0 saturated carbocycles. The first-order valence-electron chi connectivity index (χ1n) is 14.9. The van der Waals surface area contributed by atoms with Gasteiger partial charge in [0.25, 0.3) is 0 Å². The van der Waals surface area contributed by atoms with Gasteiger partial charge in [0, 0.05) is 25.7 Å². The summed E-state index contributed by atoms with van der Waals surface area (Å²) in [5.41, 5.74) is 10.5. The van der Waals surface area contributed by atoms with Gasteiger partial charge in [0.1, 0.15) is 0 Å². The summed E-state index contributed by atoms with van der Waals surface area (Å²) in [6.07, 6.45) is 0. The largest absolute Gasteiger partial charge is 0.134 e. The average molecular weight is 561 g/mol. The van der Waals surface area contributed by atoms with E-state index in [1.807, 2.05) is 11.3 Å².